The SMILES string of the molecule is CCN(CC)C(=O)CS(=O)(=O)c1nnnn1C. The first kappa shape index (κ1) is 13.6. The lowest BCUT2D eigenvalue weighted by atomic mass is 10.5. The van der Waals surface area contributed by atoms with Gasteiger partial charge in [0.1, 0.15) is 5.75 Å². The standard InChI is InChI=1S/C8H15N5O3S/c1-4-13(5-2)7(14)6-17(15,16)8-9-10-11-12(8)3/h4-6H2,1-3H3. The Hall–Kier alpha value is -1.51. The van der Waals surface area contributed by atoms with Crippen LogP contribution in [0.5, 0.6) is 0 Å². The molecule has 1 heterocycles. The third-order valence-corrected chi connectivity index (χ3v) is 3.82. The molecule has 1 rings (SSSR count). The molecular formula is C8H15N5O3S. The number of hydrogen-bond acceptors (Lipinski definition) is 6. The number of carbonyl (C=O) groups is 1. The molecule has 1 amide bonds. The number of amides is 1. The Bertz CT molecular complexity index is 491. The van der Waals surface area contributed by atoms with Crippen molar-refractivity contribution in [1.82, 2.24) is 25.1 Å². The average molecular weight is 261 g/mol. The molecule has 96 valence electrons. The Kier molecular flexibility index (Phi) is 4.16. The van der Waals surface area contributed by atoms with Crippen molar-refractivity contribution in [3.05, 3.63) is 0 Å². The molecule has 0 spiro atoms. The zero-order valence-electron chi connectivity index (χ0n) is 9.99. The Morgan fingerprint density at radius 2 is 1.94 bits per heavy atom. The number of rotatable bonds is 5. The molecule has 0 aliphatic heterocycles. The van der Waals surface area contributed by atoms with E-state index >= 15 is 0 Å². The Morgan fingerprint density at radius 1 is 1.35 bits per heavy atom. The maximum Gasteiger partial charge on any atom is 0.267 e. The third kappa shape index (κ3) is 2.99. The fourth-order valence-electron chi connectivity index (χ4n) is 1.38. The highest BCUT2D eigenvalue weighted by Crippen LogP contribution is 2.05. The van der Waals surface area contributed by atoms with Gasteiger partial charge in [0.15, 0.2) is 0 Å². The number of hydrogen-bond donors (Lipinski definition) is 0. The van der Waals surface area contributed by atoms with E-state index in [2.05, 4.69) is 15.5 Å². The van der Waals surface area contributed by atoms with Gasteiger partial charge >= 0.3 is 0 Å². The van der Waals surface area contributed by atoms with Crippen molar-refractivity contribution in [3.63, 3.8) is 0 Å². The third-order valence-electron chi connectivity index (χ3n) is 2.29. The smallest absolute Gasteiger partial charge is 0.267 e. The number of aromatic nitrogens is 4. The van der Waals surface area contributed by atoms with Crippen LogP contribution in [0.25, 0.3) is 0 Å². The summed E-state index contributed by atoms with van der Waals surface area (Å²) in [6, 6.07) is 0. The van der Waals surface area contributed by atoms with Crippen LogP contribution in [-0.4, -0.2) is 58.3 Å². The van der Waals surface area contributed by atoms with E-state index in [0.717, 1.165) is 4.68 Å². The Morgan fingerprint density at radius 3 is 2.35 bits per heavy atom. The van der Waals surface area contributed by atoms with Crippen LogP contribution in [0.2, 0.25) is 0 Å². The first-order valence-electron chi connectivity index (χ1n) is 5.15. The predicted octanol–water partition coefficient (Wildman–Crippen LogP) is -1.15. The maximum atomic E-state index is 11.9. The van der Waals surface area contributed by atoms with E-state index in [9.17, 15) is 13.2 Å². The van der Waals surface area contributed by atoms with E-state index in [1.54, 1.807) is 13.8 Å². The molecule has 8 nitrogen and oxygen atoms in total. The monoisotopic (exact) mass is 261 g/mol. The highest BCUT2D eigenvalue weighted by Gasteiger charge is 2.26. The summed E-state index contributed by atoms with van der Waals surface area (Å²) in [5, 5.41) is 9.77. The van der Waals surface area contributed by atoms with Crippen molar-refractivity contribution in [2.24, 2.45) is 7.05 Å². The lowest BCUT2D eigenvalue weighted by Gasteiger charge is -2.17. The molecule has 0 fully saturated rings. The van der Waals surface area contributed by atoms with Crippen LogP contribution in [-0.2, 0) is 21.7 Å². The van der Waals surface area contributed by atoms with E-state index in [4.69, 9.17) is 0 Å². The van der Waals surface area contributed by atoms with Crippen LogP contribution in [0, 0.1) is 0 Å². The van der Waals surface area contributed by atoms with Crippen molar-refractivity contribution >= 4 is 15.7 Å². The summed E-state index contributed by atoms with van der Waals surface area (Å²) in [6.45, 7) is 4.53. The van der Waals surface area contributed by atoms with Gasteiger partial charge in [-0.05, 0) is 24.3 Å². The molecule has 1 aromatic heterocycles. The summed E-state index contributed by atoms with van der Waals surface area (Å²) in [5.41, 5.74) is 0. The van der Waals surface area contributed by atoms with Crippen LogP contribution < -0.4 is 0 Å². The van der Waals surface area contributed by atoms with Crippen LogP contribution in [0.1, 0.15) is 13.8 Å². The van der Waals surface area contributed by atoms with Gasteiger partial charge in [-0.2, -0.15) is 0 Å². The minimum absolute atomic E-state index is 0.294. The van der Waals surface area contributed by atoms with Gasteiger partial charge in [0.25, 0.3) is 5.16 Å². The quantitative estimate of drug-likeness (QED) is 0.664. The molecule has 1 aromatic rings. The minimum atomic E-state index is -3.78. The normalized spacial score (nSPS) is 11.5. The van der Waals surface area contributed by atoms with Crippen molar-refractivity contribution < 1.29 is 13.2 Å². The molecule has 0 aliphatic carbocycles. The molecule has 0 bridgehead atoms. The molecule has 0 saturated heterocycles. The fourth-order valence-corrected chi connectivity index (χ4v) is 2.62. The van der Waals surface area contributed by atoms with E-state index in [-0.39, 0.29) is 5.16 Å². The number of aryl methyl sites for hydroxylation is 1. The van der Waals surface area contributed by atoms with Crippen molar-refractivity contribution in [2.75, 3.05) is 18.8 Å². The largest absolute Gasteiger partial charge is 0.342 e. The fraction of sp³-hybridized carbons (Fsp3) is 0.750. The summed E-state index contributed by atoms with van der Waals surface area (Å²) in [5.74, 6) is -1.05. The van der Waals surface area contributed by atoms with E-state index in [0.29, 0.717) is 13.1 Å². The highest BCUT2D eigenvalue weighted by molar-refractivity contribution is 7.91. The average Bonchev–Trinajstić information content (AvgIpc) is 2.66. The maximum absolute atomic E-state index is 11.9. The van der Waals surface area contributed by atoms with Gasteiger partial charge < -0.3 is 4.90 Å². The topological polar surface area (TPSA) is 98.1 Å². The summed E-state index contributed by atoms with van der Waals surface area (Å²) in [4.78, 5) is 13.1. The van der Waals surface area contributed by atoms with E-state index in [1.165, 1.54) is 11.9 Å². The lowest BCUT2D eigenvalue weighted by molar-refractivity contribution is -0.128. The van der Waals surface area contributed by atoms with Crippen LogP contribution >= 0.6 is 0 Å². The molecule has 0 radical (unpaired) electrons. The first-order chi connectivity index (χ1) is 7.92. The van der Waals surface area contributed by atoms with Gasteiger partial charge in [-0.15, -0.1) is 0 Å². The molecule has 0 unspecified atom stereocenters. The molecule has 0 aliphatic rings. The Balaban J connectivity index is 2.88. The lowest BCUT2D eigenvalue weighted by Crippen LogP contribution is -2.35. The van der Waals surface area contributed by atoms with E-state index in [1.807, 2.05) is 0 Å². The first-order valence-corrected chi connectivity index (χ1v) is 6.80. The van der Waals surface area contributed by atoms with Gasteiger partial charge in [-0.25, -0.2) is 13.1 Å². The zero-order chi connectivity index (χ0) is 13.1. The molecule has 0 aromatic carbocycles. The predicted molar refractivity (Wildman–Crippen MR) is 58.8 cm³/mol. The summed E-state index contributed by atoms with van der Waals surface area (Å²) in [6.07, 6.45) is 0. The van der Waals surface area contributed by atoms with Crippen LogP contribution in [0.3, 0.4) is 0 Å². The second-order valence-electron chi connectivity index (χ2n) is 3.41. The molecule has 17 heavy (non-hydrogen) atoms. The zero-order valence-corrected chi connectivity index (χ0v) is 10.8. The van der Waals surface area contributed by atoms with E-state index < -0.39 is 21.5 Å². The molecule has 0 atom stereocenters. The summed E-state index contributed by atoms with van der Waals surface area (Å²) >= 11 is 0. The number of tetrazole rings is 1. The summed E-state index contributed by atoms with van der Waals surface area (Å²) < 4.78 is 24.7. The molecule has 9 heteroatoms. The number of sulfone groups is 1. The van der Waals surface area contributed by atoms with Crippen LogP contribution in [0.4, 0.5) is 0 Å². The van der Waals surface area contributed by atoms with Crippen LogP contribution in [0.15, 0.2) is 5.16 Å². The summed E-state index contributed by atoms with van der Waals surface area (Å²) in [7, 11) is -2.36. The second kappa shape index (κ2) is 5.21. The van der Waals surface area contributed by atoms with Gasteiger partial charge in [0.2, 0.25) is 15.7 Å². The Labute approximate surface area is 99.5 Å². The molecule has 0 saturated carbocycles. The minimum Gasteiger partial charge on any atom is -0.342 e. The van der Waals surface area contributed by atoms with Gasteiger partial charge in [0, 0.05) is 20.1 Å². The van der Waals surface area contributed by atoms with Crippen molar-refractivity contribution in [1.29, 1.82) is 0 Å². The number of nitrogens with zero attached hydrogens (tertiary/aromatic N) is 5. The molecular weight excluding hydrogens is 246 g/mol. The van der Waals surface area contributed by atoms with Gasteiger partial charge in [-0.3, -0.25) is 4.79 Å². The highest BCUT2D eigenvalue weighted by atomic mass is 32.2. The molecule has 0 N–H and O–H groups in total. The second-order valence-corrected chi connectivity index (χ2v) is 5.29. The van der Waals surface area contributed by atoms with Gasteiger partial charge in [0.05, 0.1) is 0 Å². The van der Waals surface area contributed by atoms with Crippen molar-refractivity contribution in [2.45, 2.75) is 19.0 Å². The van der Waals surface area contributed by atoms with Crippen molar-refractivity contribution in [3.8, 4) is 0 Å². The number of carbonyl (C=O) groups excluding carboxylic acids is 1. The van der Waals surface area contributed by atoms with Gasteiger partial charge in [-0.1, -0.05) is 5.10 Å².